The van der Waals surface area contributed by atoms with Crippen LogP contribution in [0.25, 0.3) is 0 Å². The maximum Gasteiger partial charge on any atom is 0.338 e. The molecule has 1 rings (SSSR count). The highest BCUT2D eigenvalue weighted by Gasteiger charge is 2.13. The van der Waals surface area contributed by atoms with E-state index in [9.17, 15) is 9.59 Å². The lowest BCUT2D eigenvalue weighted by atomic mass is 10.3. The molecule has 0 aliphatic carbocycles. The van der Waals surface area contributed by atoms with Crippen LogP contribution in [0.4, 0.5) is 9.80 Å². The van der Waals surface area contributed by atoms with Gasteiger partial charge < -0.3 is 15.2 Å². The number of carboxylic acid groups (broad SMARTS) is 1. The number of amides is 2. The number of nitrogens with one attached hydrogen (secondary N) is 2. The van der Waals surface area contributed by atoms with Crippen LogP contribution in [0.5, 0.6) is 0 Å². The average molecular weight is 258 g/mol. The molecule has 0 fully saturated rings. The lowest BCUT2D eigenvalue weighted by molar-refractivity contribution is 0.0698. The molecule has 0 saturated carbocycles. The van der Waals surface area contributed by atoms with E-state index in [1.807, 2.05) is 6.92 Å². The fourth-order valence-corrected chi connectivity index (χ4v) is 1.88. The van der Waals surface area contributed by atoms with E-state index in [2.05, 4.69) is 10.6 Å². The molecule has 1 heterocycles. The lowest BCUT2D eigenvalue weighted by Gasteiger charge is -2.06. The Morgan fingerprint density at radius 2 is 2.29 bits per heavy atom. The normalized spacial score (nSPS) is 9.94. The Bertz CT molecular complexity index is 391. The molecule has 2 amide bonds. The first-order chi connectivity index (χ1) is 8.15. The van der Waals surface area contributed by atoms with E-state index in [1.54, 1.807) is 5.38 Å². The molecule has 0 radical (unpaired) electrons. The van der Waals surface area contributed by atoms with Crippen LogP contribution in [0.3, 0.4) is 0 Å². The van der Waals surface area contributed by atoms with E-state index in [-0.39, 0.29) is 5.56 Å². The first-order valence-corrected chi connectivity index (χ1v) is 5.96. The van der Waals surface area contributed by atoms with E-state index in [4.69, 9.17) is 9.84 Å². The number of hydrogen-bond acceptors (Lipinski definition) is 4. The molecule has 0 atom stereocenters. The zero-order chi connectivity index (χ0) is 12.7. The number of carboxylic acids is 1. The number of carbonyl (C=O) groups excluding carboxylic acids is 1. The van der Waals surface area contributed by atoms with Gasteiger partial charge in [0.05, 0.1) is 12.2 Å². The Labute approximate surface area is 103 Å². The van der Waals surface area contributed by atoms with Crippen LogP contribution in [0.15, 0.2) is 11.4 Å². The minimum atomic E-state index is -1.06. The van der Waals surface area contributed by atoms with Crippen LogP contribution in [-0.4, -0.2) is 36.9 Å². The quantitative estimate of drug-likeness (QED) is 0.676. The van der Waals surface area contributed by atoms with Gasteiger partial charge in [0.25, 0.3) is 0 Å². The molecule has 94 valence electrons. The van der Waals surface area contributed by atoms with E-state index in [1.165, 1.54) is 17.4 Å². The number of carbonyl (C=O) groups is 2. The Balaban J connectivity index is 2.40. The summed E-state index contributed by atoms with van der Waals surface area (Å²) in [5, 5.41) is 15.8. The van der Waals surface area contributed by atoms with E-state index < -0.39 is 12.0 Å². The maximum atomic E-state index is 11.4. The van der Waals surface area contributed by atoms with Gasteiger partial charge in [-0.3, -0.25) is 5.32 Å². The molecular formula is C10H14N2O4S. The number of rotatable bonds is 6. The van der Waals surface area contributed by atoms with Gasteiger partial charge in [-0.15, -0.1) is 11.3 Å². The fraction of sp³-hybridized carbons (Fsp3) is 0.400. The van der Waals surface area contributed by atoms with Crippen LogP contribution >= 0.6 is 11.3 Å². The Morgan fingerprint density at radius 3 is 2.94 bits per heavy atom. The summed E-state index contributed by atoms with van der Waals surface area (Å²) in [5.41, 5.74) is 0.0926. The molecule has 0 saturated heterocycles. The Morgan fingerprint density at radius 1 is 1.53 bits per heavy atom. The summed E-state index contributed by atoms with van der Waals surface area (Å²) in [7, 11) is 0. The third-order valence-electron chi connectivity index (χ3n) is 1.86. The smallest absolute Gasteiger partial charge is 0.338 e. The number of ether oxygens (including phenoxy) is 1. The summed E-state index contributed by atoms with van der Waals surface area (Å²) in [6, 6.07) is 1.01. The molecule has 0 aliphatic heterocycles. The first kappa shape index (κ1) is 13.5. The number of aromatic carboxylic acids is 1. The highest BCUT2D eigenvalue weighted by Crippen LogP contribution is 2.22. The third kappa shape index (κ3) is 4.41. The van der Waals surface area contributed by atoms with Crippen molar-refractivity contribution in [2.45, 2.75) is 6.92 Å². The van der Waals surface area contributed by atoms with Crippen LogP contribution in [0.2, 0.25) is 0 Å². The molecule has 1 aromatic heterocycles. The van der Waals surface area contributed by atoms with Crippen molar-refractivity contribution in [1.29, 1.82) is 0 Å². The van der Waals surface area contributed by atoms with E-state index >= 15 is 0 Å². The van der Waals surface area contributed by atoms with Gasteiger partial charge in [0.1, 0.15) is 5.00 Å². The van der Waals surface area contributed by atoms with Gasteiger partial charge >= 0.3 is 12.0 Å². The number of urea groups is 1. The average Bonchev–Trinajstić information content (AvgIpc) is 2.72. The van der Waals surface area contributed by atoms with Crippen LogP contribution in [0.1, 0.15) is 17.3 Å². The lowest BCUT2D eigenvalue weighted by Crippen LogP contribution is -2.31. The minimum Gasteiger partial charge on any atom is -0.478 e. The fourth-order valence-electron chi connectivity index (χ4n) is 1.10. The molecule has 0 bridgehead atoms. The van der Waals surface area contributed by atoms with Gasteiger partial charge in [-0.25, -0.2) is 9.59 Å². The topological polar surface area (TPSA) is 87.7 Å². The number of hydrogen-bond donors (Lipinski definition) is 3. The Kier molecular flexibility index (Phi) is 5.44. The first-order valence-electron chi connectivity index (χ1n) is 5.08. The molecule has 0 aliphatic rings. The van der Waals surface area contributed by atoms with Crippen molar-refractivity contribution in [3.63, 3.8) is 0 Å². The second-order valence-corrected chi connectivity index (χ2v) is 3.96. The zero-order valence-electron chi connectivity index (χ0n) is 9.36. The van der Waals surface area contributed by atoms with Crippen LogP contribution < -0.4 is 10.6 Å². The maximum absolute atomic E-state index is 11.4. The molecule has 1 aromatic rings. The summed E-state index contributed by atoms with van der Waals surface area (Å²) in [4.78, 5) is 22.2. The molecule has 0 aromatic carbocycles. The Hall–Kier alpha value is -1.60. The molecule has 0 unspecified atom stereocenters. The van der Waals surface area contributed by atoms with Crippen molar-refractivity contribution in [1.82, 2.24) is 5.32 Å². The SMILES string of the molecule is CCOCCNC(=O)Nc1sccc1C(=O)O. The molecule has 3 N–H and O–H groups in total. The molecule has 17 heavy (non-hydrogen) atoms. The summed E-state index contributed by atoms with van der Waals surface area (Å²) in [6.45, 7) is 3.27. The minimum absolute atomic E-state index is 0.0926. The second kappa shape index (κ2) is 6.87. The zero-order valence-corrected chi connectivity index (χ0v) is 10.2. The van der Waals surface area contributed by atoms with Gasteiger partial charge in [-0.1, -0.05) is 0 Å². The van der Waals surface area contributed by atoms with E-state index in [0.717, 1.165) is 0 Å². The predicted octanol–water partition coefficient (Wildman–Crippen LogP) is 1.60. The van der Waals surface area contributed by atoms with Gasteiger partial charge in [0.15, 0.2) is 0 Å². The summed E-state index contributed by atoms with van der Waals surface area (Å²) in [5.74, 6) is -1.06. The summed E-state index contributed by atoms with van der Waals surface area (Å²) >= 11 is 1.17. The second-order valence-electron chi connectivity index (χ2n) is 3.05. The van der Waals surface area contributed by atoms with Gasteiger partial charge in [0.2, 0.25) is 0 Å². The van der Waals surface area contributed by atoms with Gasteiger partial charge in [0, 0.05) is 13.2 Å². The van der Waals surface area contributed by atoms with Crippen molar-refractivity contribution >= 4 is 28.3 Å². The number of anilines is 1. The van der Waals surface area contributed by atoms with Crippen molar-refractivity contribution in [2.24, 2.45) is 0 Å². The highest BCUT2D eigenvalue weighted by molar-refractivity contribution is 7.14. The van der Waals surface area contributed by atoms with E-state index in [0.29, 0.717) is 24.8 Å². The van der Waals surface area contributed by atoms with Crippen LogP contribution in [0, 0.1) is 0 Å². The van der Waals surface area contributed by atoms with Crippen molar-refractivity contribution in [2.75, 3.05) is 25.1 Å². The molecule has 7 heteroatoms. The summed E-state index contributed by atoms with van der Waals surface area (Å²) < 4.78 is 5.05. The van der Waals surface area contributed by atoms with Gasteiger partial charge in [-0.2, -0.15) is 0 Å². The monoisotopic (exact) mass is 258 g/mol. The molecule has 0 spiro atoms. The third-order valence-corrected chi connectivity index (χ3v) is 2.69. The molecular weight excluding hydrogens is 244 g/mol. The standard InChI is InChI=1S/C10H14N2O4S/c1-2-16-5-4-11-10(15)12-8-7(9(13)14)3-6-17-8/h3,6H,2,4-5H2,1H3,(H,13,14)(H2,11,12,15). The number of thiophene rings is 1. The predicted molar refractivity (Wildman–Crippen MR) is 64.8 cm³/mol. The molecule has 6 nitrogen and oxygen atoms in total. The summed E-state index contributed by atoms with van der Waals surface area (Å²) in [6.07, 6.45) is 0. The van der Waals surface area contributed by atoms with Gasteiger partial charge in [-0.05, 0) is 18.4 Å². The highest BCUT2D eigenvalue weighted by atomic mass is 32.1. The van der Waals surface area contributed by atoms with Crippen molar-refractivity contribution in [3.8, 4) is 0 Å². The van der Waals surface area contributed by atoms with Crippen molar-refractivity contribution < 1.29 is 19.4 Å². The largest absolute Gasteiger partial charge is 0.478 e. The van der Waals surface area contributed by atoms with Crippen LogP contribution in [-0.2, 0) is 4.74 Å². The van der Waals surface area contributed by atoms with Crippen molar-refractivity contribution in [3.05, 3.63) is 17.0 Å².